The average molecular weight is 168 g/mol. The molecule has 2 nitrogen and oxygen atoms in total. The lowest BCUT2D eigenvalue weighted by Crippen LogP contribution is -2.06. The Morgan fingerprint density at radius 2 is 2.00 bits per heavy atom. The second kappa shape index (κ2) is 4.29. The van der Waals surface area contributed by atoms with Crippen molar-refractivity contribution in [2.24, 2.45) is 0 Å². The fourth-order valence-corrected chi connectivity index (χ4v) is 1.56. The molecule has 0 bridgehead atoms. The molecule has 2 heteroatoms. The van der Waals surface area contributed by atoms with Crippen LogP contribution in [0.4, 0.5) is 0 Å². The van der Waals surface area contributed by atoms with Crippen LogP contribution in [0.3, 0.4) is 0 Å². The Balaban J connectivity index is 2.60. The molecule has 0 aromatic rings. The van der Waals surface area contributed by atoms with Crippen LogP contribution in [0.25, 0.3) is 0 Å². The zero-order valence-corrected chi connectivity index (χ0v) is 7.85. The second-order valence-electron chi connectivity index (χ2n) is 3.16. The van der Waals surface area contributed by atoms with Gasteiger partial charge in [0.25, 0.3) is 0 Å². The lowest BCUT2D eigenvalue weighted by molar-refractivity contribution is -0.138. The van der Waals surface area contributed by atoms with E-state index < -0.39 is 0 Å². The number of hydrogen-bond acceptors (Lipinski definition) is 2. The SMILES string of the molecule is CCOC(=O)C(C)=C1CCCC1. The summed E-state index contributed by atoms with van der Waals surface area (Å²) in [4.78, 5) is 11.2. The van der Waals surface area contributed by atoms with Crippen molar-refractivity contribution in [1.29, 1.82) is 0 Å². The number of ether oxygens (including phenoxy) is 1. The highest BCUT2D eigenvalue weighted by molar-refractivity contribution is 5.88. The Morgan fingerprint density at radius 3 is 2.50 bits per heavy atom. The van der Waals surface area contributed by atoms with Crippen molar-refractivity contribution in [2.45, 2.75) is 39.5 Å². The van der Waals surface area contributed by atoms with Crippen molar-refractivity contribution in [2.75, 3.05) is 6.61 Å². The summed E-state index contributed by atoms with van der Waals surface area (Å²) in [5.41, 5.74) is 2.14. The first-order valence-electron chi connectivity index (χ1n) is 4.61. The van der Waals surface area contributed by atoms with Crippen LogP contribution in [0.15, 0.2) is 11.1 Å². The predicted molar refractivity (Wildman–Crippen MR) is 47.8 cm³/mol. The fraction of sp³-hybridized carbons (Fsp3) is 0.700. The first-order valence-corrected chi connectivity index (χ1v) is 4.61. The van der Waals surface area contributed by atoms with Crippen molar-refractivity contribution in [1.82, 2.24) is 0 Å². The van der Waals surface area contributed by atoms with Crippen LogP contribution in [0.5, 0.6) is 0 Å². The highest BCUT2D eigenvalue weighted by Gasteiger charge is 2.14. The molecular weight excluding hydrogens is 152 g/mol. The van der Waals surface area contributed by atoms with E-state index in [9.17, 15) is 4.79 Å². The Kier molecular flexibility index (Phi) is 3.32. The van der Waals surface area contributed by atoms with Gasteiger partial charge in [0.15, 0.2) is 0 Å². The van der Waals surface area contributed by atoms with Crippen LogP contribution in [-0.2, 0) is 9.53 Å². The summed E-state index contributed by atoms with van der Waals surface area (Å²) in [6.07, 6.45) is 4.63. The Hall–Kier alpha value is -0.790. The van der Waals surface area contributed by atoms with Crippen molar-refractivity contribution in [3.8, 4) is 0 Å². The molecule has 0 radical (unpaired) electrons. The molecule has 1 aliphatic rings. The Morgan fingerprint density at radius 1 is 1.42 bits per heavy atom. The highest BCUT2D eigenvalue weighted by Crippen LogP contribution is 2.27. The van der Waals surface area contributed by atoms with Gasteiger partial charge in [-0.15, -0.1) is 0 Å². The zero-order chi connectivity index (χ0) is 8.97. The molecule has 0 aliphatic heterocycles. The number of carbonyl (C=O) groups is 1. The predicted octanol–water partition coefficient (Wildman–Crippen LogP) is 2.44. The summed E-state index contributed by atoms with van der Waals surface area (Å²) in [5.74, 6) is -0.130. The summed E-state index contributed by atoms with van der Waals surface area (Å²) in [7, 11) is 0. The van der Waals surface area contributed by atoms with Crippen molar-refractivity contribution in [3.63, 3.8) is 0 Å². The van der Waals surface area contributed by atoms with E-state index >= 15 is 0 Å². The van der Waals surface area contributed by atoms with Crippen LogP contribution < -0.4 is 0 Å². The highest BCUT2D eigenvalue weighted by atomic mass is 16.5. The molecule has 0 N–H and O–H groups in total. The summed E-state index contributed by atoms with van der Waals surface area (Å²) in [6, 6.07) is 0. The maximum absolute atomic E-state index is 11.2. The molecule has 0 amide bonds. The van der Waals surface area contributed by atoms with E-state index in [0.29, 0.717) is 6.61 Å². The van der Waals surface area contributed by atoms with Gasteiger partial charge < -0.3 is 4.74 Å². The van der Waals surface area contributed by atoms with Gasteiger partial charge in [-0.1, -0.05) is 5.57 Å². The molecule has 1 fully saturated rings. The molecule has 0 atom stereocenters. The molecular formula is C10H16O2. The lowest BCUT2D eigenvalue weighted by Gasteiger charge is -2.04. The van der Waals surface area contributed by atoms with E-state index in [2.05, 4.69) is 0 Å². The van der Waals surface area contributed by atoms with Crippen molar-refractivity contribution < 1.29 is 9.53 Å². The molecule has 1 saturated carbocycles. The molecule has 1 rings (SSSR count). The van der Waals surface area contributed by atoms with Crippen molar-refractivity contribution >= 4 is 5.97 Å². The third kappa shape index (κ3) is 2.10. The molecule has 0 saturated heterocycles. The monoisotopic (exact) mass is 168 g/mol. The van der Waals surface area contributed by atoms with Crippen molar-refractivity contribution in [3.05, 3.63) is 11.1 Å². The van der Waals surface area contributed by atoms with Crippen LogP contribution in [-0.4, -0.2) is 12.6 Å². The van der Waals surface area contributed by atoms with Gasteiger partial charge in [-0.25, -0.2) is 4.79 Å². The normalized spacial score (nSPS) is 16.3. The first kappa shape index (κ1) is 9.30. The first-order chi connectivity index (χ1) is 5.75. The largest absolute Gasteiger partial charge is 0.463 e. The van der Waals surface area contributed by atoms with Gasteiger partial charge in [0.1, 0.15) is 0 Å². The lowest BCUT2D eigenvalue weighted by atomic mass is 10.1. The van der Waals surface area contributed by atoms with E-state index in [1.165, 1.54) is 18.4 Å². The van der Waals surface area contributed by atoms with E-state index in [-0.39, 0.29) is 5.97 Å². The number of allylic oxidation sites excluding steroid dienone is 1. The Labute approximate surface area is 73.6 Å². The van der Waals surface area contributed by atoms with Gasteiger partial charge in [-0.05, 0) is 39.5 Å². The van der Waals surface area contributed by atoms with Crippen LogP contribution in [0.1, 0.15) is 39.5 Å². The van der Waals surface area contributed by atoms with Gasteiger partial charge in [0.2, 0.25) is 0 Å². The molecule has 0 heterocycles. The van der Waals surface area contributed by atoms with E-state index in [1.807, 2.05) is 13.8 Å². The van der Waals surface area contributed by atoms with Crippen LogP contribution >= 0.6 is 0 Å². The molecule has 0 aromatic carbocycles. The molecule has 68 valence electrons. The Bertz CT molecular complexity index is 196. The van der Waals surface area contributed by atoms with Gasteiger partial charge >= 0.3 is 5.97 Å². The van der Waals surface area contributed by atoms with E-state index in [1.54, 1.807) is 0 Å². The number of rotatable bonds is 2. The third-order valence-corrected chi connectivity index (χ3v) is 2.32. The quantitative estimate of drug-likeness (QED) is 0.467. The molecule has 1 aliphatic carbocycles. The van der Waals surface area contributed by atoms with Crippen LogP contribution in [0, 0.1) is 0 Å². The molecule has 12 heavy (non-hydrogen) atoms. The third-order valence-electron chi connectivity index (χ3n) is 2.32. The van der Waals surface area contributed by atoms with Gasteiger partial charge in [-0.3, -0.25) is 0 Å². The zero-order valence-electron chi connectivity index (χ0n) is 7.85. The summed E-state index contributed by atoms with van der Waals surface area (Å²) >= 11 is 0. The van der Waals surface area contributed by atoms with Gasteiger partial charge in [0.05, 0.1) is 6.61 Å². The summed E-state index contributed by atoms with van der Waals surface area (Å²) in [6.45, 7) is 4.19. The standard InChI is InChI=1S/C10H16O2/c1-3-12-10(11)8(2)9-6-4-5-7-9/h3-7H2,1-2H3. The van der Waals surface area contributed by atoms with E-state index in [4.69, 9.17) is 4.74 Å². The number of esters is 1. The average Bonchev–Trinajstić information content (AvgIpc) is 2.55. The summed E-state index contributed by atoms with van der Waals surface area (Å²) in [5, 5.41) is 0. The molecule has 0 spiro atoms. The van der Waals surface area contributed by atoms with Gasteiger partial charge in [-0.2, -0.15) is 0 Å². The number of hydrogen-bond donors (Lipinski definition) is 0. The minimum atomic E-state index is -0.130. The second-order valence-corrected chi connectivity index (χ2v) is 3.16. The topological polar surface area (TPSA) is 26.3 Å². The fourth-order valence-electron chi connectivity index (χ4n) is 1.56. The maximum Gasteiger partial charge on any atom is 0.333 e. The van der Waals surface area contributed by atoms with Gasteiger partial charge in [0, 0.05) is 5.57 Å². The minimum absolute atomic E-state index is 0.130. The molecule has 0 unspecified atom stereocenters. The smallest absolute Gasteiger partial charge is 0.333 e. The number of carbonyl (C=O) groups excluding carboxylic acids is 1. The van der Waals surface area contributed by atoms with Crippen LogP contribution in [0.2, 0.25) is 0 Å². The maximum atomic E-state index is 11.2. The summed E-state index contributed by atoms with van der Waals surface area (Å²) < 4.78 is 4.92. The van der Waals surface area contributed by atoms with E-state index in [0.717, 1.165) is 18.4 Å². The molecule has 0 aromatic heterocycles. The minimum Gasteiger partial charge on any atom is -0.463 e.